The largest absolute Gasteiger partial charge is 0.503 e. The zero-order chi connectivity index (χ0) is 25.8. The summed E-state index contributed by atoms with van der Waals surface area (Å²) in [6.45, 7) is 5.05. The van der Waals surface area contributed by atoms with Crippen molar-refractivity contribution in [2.24, 2.45) is 0 Å². The Labute approximate surface area is 217 Å². The second-order valence-corrected chi connectivity index (χ2v) is 9.15. The molecule has 0 spiro atoms. The van der Waals surface area contributed by atoms with E-state index in [1.54, 1.807) is 17.0 Å². The summed E-state index contributed by atoms with van der Waals surface area (Å²) in [4.78, 5) is 17.1. The van der Waals surface area contributed by atoms with E-state index in [1.165, 1.54) is 0 Å². The summed E-state index contributed by atoms with van der Waals surface area (Å²) in [6, 6.07) is 20.0. The number of rotatable bonds is 9. The number of carbonyl (C=O) groups is 1. The van der Waals surface area contributed by atoms with Gasteiger partial charge in [-0.2, -0.15) is 0 Å². The molecule has 1 aliphatic rings. The highest BCUT2D eigenvalue weighted by atomic mass is 35.5. The molecule has 36 heavy (non-hydrogen) atoms. The summed E-state index contributed by atoms with van der Waals surface area (Å²) >= 11 is 6.54. The van der Waals surface area contributed by atoms with Crippen LogP contribution in [0.4, 0.5) is 11.4 Å². The molecule has 0 aromatic heterocycles. The van der Waals surface area contributed by atoms with Gasteiger partial charge < -0.3 is 19.5 Å². The van der Waals surface area contributed by atoms with Crippen LogP contribution in [0.3, 0.4) is 0 Å². The number of ether oxygens (including phenoxy) is 2. The fourth-order valence-corrected chi connectivity index (χ4v) is 4.55. The van der Waals surface area contributed by atoms with Crippen molar-refractivity contribution < 1.29 is 19.4 Å². The first kappa shape index (κ1) is 25.5. The Morgan fingerprint density at radius 3 is 2.25 bits per heavy atom. The van der Waals surface area contributed by atoms with E-state index in [2.05, 4.69) is 0 Å². The molecule has 0 fully saturated rings. The lowest BCUT2D eigenvalue weighted by molar-refractivity contribution is -0.117. The Bertz CT molecular complexity index is 1250. The van der Waals surface area contributed by atoms with E-state index in [1.807, 2.05) is 87.4 Å². The van der Waals surface area contributed by atoms with Crippen LogP contribution >= 0.6 is 11.6 Å². The molecule has 6 nitrogen and oxygen atoms in total. The first-order chi connectivity index (χ1) is 17.3. The molecule has 188 valence electrons. The molecule has 1 unspecified atom stereocenters. The second kappa shape index (κ2) is 11.0. The van der Waals surface area contributed by atoms with Crippen LogP contribution < -0.4 is 19.3 Å². The van der Waals surface area contributed by atoms with Crippen molar-refractivity contribution in [1.82, 2.24) is 0 Å². The van der Waals surface area contributed by atoms with Gasteiger partial charge >= 0.3 is 0 Å². The third-order valence-corrected chi connectivity index (χ3v) is 6.36. The average molecular weight is 507 g/mol. The third-order valence-electron chi connectivity index (χ3n) is 6.06. The number of carbonyl (C=O) groups excluding carboxylic acids is 1. The normalized spacial score (nSPS) is 15.4. The first-order valence-electron chi connectivity index (χ1n) is 12.0. The first-order valence-corrected chi connectivity index (χ1v) is 12.4. The van der Waals surface area contributed by atoms with E-state index >= 15 is 0 Å². The molecule has 0 saturated heterocycles. The number of halogens is 1. The van der Waals surface area contributed by atoms with Crippen LogP contribution in [0.2, 0.25) is 5.02 Å². The summed E-state index contributed by atoms with van der Waals surface area (Å²) in [7, 11) is 3.92. The van der Waals surface area contributed by atoms with Crippen LogP contribution in [0.25, 0.3) is 5.57 Å². The summed E-state index contributed by atoms with van der Waals surface area (Å²) < 4.78 is 11.3. The molecule has 3 aromatic carbocycles. The lowest BCUT2D eigenvalue weighted by Crippen LogP contribution is -2.30. The van der Waals surface area contributed by atoms with Crippen molar-refractivity contribution in [3.63, 3.8) is 0 Å². The predicted octanol–water partition coefficient (Wildman–Crippen LogP) is 6.65. The molecule has 0 saturated carbocycles. The Kier molecular flexibility index (Phi) is 7.75. The second-order valence-electron chi connectivity index (χ2n) is 8.75. The number of hydrogen-bond donors (Lipinski definition) is 1. The standard InChI is InChI=1S/C29H31ClN2O4/c1-5-17-36-23-14-7-19(8-15-23)26-27(20-9-16-25(35-6-2)24(30)18-20)32(29(34)28(26)33)22-12-10-21(11-13-22)31(3)4/h7-16,18,27,33H,5-6,17H2,1-4H3. The van der Waals surface area contributed by atoms with Gasteiger partial charge in [-0.1, -0.05) is 36.7 Å². The van der Waals surface area contributed by atoms with E-state index in [0.717, 1.165) is 29.0 Å². The molecule has 1 aliphatic heterocycles. The lowest BCUT2D eigenvalue weighted by atomic mass is 9.93. The van der Waals surface area contributed by atoms with Crippen molar-refractivity contribution in [1.29, 1.82) is 0 Å². The highest BCUT2D eigenvalue weighted by molar-refractivity contribution is 6.32. The van der Waals surface area contributed by atoms with E-state index < -0.39 is 11.9 Å². The van der Waals surface area contributed by atoms with Gasteiger partial charge in [0.15, 0.2) is 5.76 Å². The molecule has 1 heterocycles. The van der Waals surface area contributed by atoms with Gasteiger partial charge in [0, 0.05) is 31.0 Å². The molecular weight excluding hydrogens is 476 g/mol. The fraction of sp³-hybridized carbons (Fsp3) is 0.276. The average Bonchev–Trinajstić information content (AvgIpc) is 3.14. The number of nitrogens with zero attached hydrogens (tertiary/aromatic N) is 2. The molecule has 1 atom stereocenters. The highest BCUT2D eigenvalue weighted by Gasteiger charge is 2.42. The Morgan fingerprint density at radius 1 is 0.972 bits per heavy atom. The minimum atomic E-state index is -0.585. The van der Waals surface area contributed by atoms with E-state index in [4.69, 9.17) is 21.1 Å². The van der Waals surface area contributed by atoms with Crippen molar-refractivity contribution in [3.8, 4) is 11.5 Å². The van der Waals surface area contributed by atoms with Crippen LogP contribution in [-0.2, 0) is 4.79 Å². The number of anilines is 2. The van der Waals surface area contributed by atoms with Crippen LogP contribution in [-0.4, -0.2) is 38.3 Å². The molecule has 3 aromatic rings. The maximum absolute atomic E-state index is 13.5. The van der Waals surface area contributed by atoms with Gasteiger partial charge in [0.2, 0.25) is 0 Å². The predicted molar refractivity (Wildman–Crippen MR) is 145 cm³/mol. The zero-order valence-electron chi connectivity index (χ0n) is 21.0. The van der Waals surface area contributed by atoms with Gasteiger partial charge in [-0.25, -0.2) is 0 Å². The molecule has 7 heteroatoms. The number of aliphatic hydroxyl groups excluding tert-OH is 1. The number of benzene rings is 3. The molecular formula is C29H31ClN2O4. The summed E-state index contributed by atoms with van der Waals surface area (Å²) in [5.41, 5.74) is 3.68. The number of amides is 1. The Balaban J connectivity index is 1.81. The minimum absolute atomic E-state index is 0.288. The SMILES string of the molecule is CCCOc1ccc(C2=C(O)C(=O)N(c3ccc(N(C)C)cc3)C2c2ccc(OCC)c(Cl)c2)cc1. The quantitative estimate of drug-likeness (QED) is 0.352. The summed E-state index contributed by atoms with van der Waals surface area (Å²) in [6.07, 6.45) is 0.907. The summed E-state index contributed by atoms with van der Waals surface area (Å²) in [5.74, 6) is 0.552. The lowest BCUT2D eigenvalue weighted by Gasteiger charge is -2.28. The molecule has 0 bridgehead atoms. The molecule has 1 amide bonds. The van der Waals surface area contributed by atoms with Crippen LogP contribution in [0.15, 0.2) is 72.5 Å². The Hall–Kier alpha value is -3.64. The fourth-order valence-electron chi connectivity index (χ4n) is 4.30. The Morgan fingerprint density at radius 2 is 1.67 bits per heavy atom. The van der Waals surface area contributed by atoms with Crippen LogP contribution in [0, 0.1) is 0 Å². The van der Waals surface area contributed by atoms with Gasteiger partial charge in [-0.05, 0) is 73.0 Å². The summed E-state index contributed by atoms with van der Waals surface area (Å²) in [5, 5.41) is 11.6. The molecule has 0 aliphatic carbocycles. The van der Waals surface area contributed by atoms with Gasteiger partial charge in [0.1, 0.15) is 11.5 Å². The van der Waals surface area contributed by atoms with E-state index in [-0.39, 0.29) is 5.76 Å². The van der Waals surface area contributed by atoms with Crippen LogP contribution in [0.5, 0.6) is 11.5 Å². The third kappa shape index (κ3) is 5.00. The van der Waals surface area contributed by atoms with Crippen molar-refractivity contribution >= 4 is 34.5 Å². The highest BCUT2D eigenvalue weighted by Crippen LogP contribution is 2.46. The van der Waals surface area contributed by atoms with Crippen LogP contribution in [0.1, 0.15) is 37.4 Å². The van der Waals surface area contributed by atoms with E-state index in [0.29, 0.717) is 35.2 Å². The molecule has 1 N–H and O–H groups in total. The smallest absolute Gasteiger partial charge is 0.294 e. The molecule has 4 rings (SSSR count). The van der Waals surface area contributed by atoms with Crippen molar-refractivity contribution in [2.75, 3.05) is 37.1 Å². The maximum Gasteiger partial charge on any atom is 0.294 e. The van der Waals surface area contributed by atoms with Gasteiger partial charge in [0.25, 0.3) is 5.91 Å². The van der Waals surface area contributed by atoms with Gasteiger partial charge in [0.05, 0.1) is 24.3 Å². The van der Waals surface area contributed by atoms with Crippen molar-refractivity contribution in [2.45, 2.75) is 26.3 Å². The van der Waals surface area contributed by atoms with Gasteiger partial charge in [-0.15, -0.1) is 0 Å². The number of aliphatic hydroxyl groups is 1. The van der Waals surface area contributed by atoms with Crippen molar-refractivity contribution in [3.05, 3.63) is 88.6 Å². The zero-order valence-corrected chi connectivity index (χ0v) is 21.7. The topological polar surface area (TPSA) is 62.2 Å². The molecule has 0 radical (unpaired) electrons. The van der Waals surface area contributed by atoms with E-state index in [9.17, 15) is 9.90 Å². The minimum Gasteiger partial charge on any atom is -0.503 e. The van der Waals surface area contributed by atoms with Gasteiger partial charge in [-0.3, -0.25) is 9.69 Å². The monoisotopic (exact) mass is 506 g/mol. The maximum atomic E-state index is 13.5. The number of hydrogen-bond acceptors (Lipinski definition) is 5.